The number of aromatic nitrogens is 2. The lowest BCUT2D eigenvalue weighted by Crippen LogP contribution is -2.22. The van der Waals surface area contributed by atoms with Crippen LogP contribution in [0.25, 0.3) is 0 Å². The molecule has 4 nitrogen and oxygen atoms in total. The molecule has 0 radical (unpaired) electrons. The third kappa shape index (κ3) is 3.24. The van der Waals surface area contributed by atoms with E-state index >= 15 is 0 Å². The Kier molecular flexibility index (Phi) is 4.96. The molecule has 1 N–H and O–H groups in total. The van der Waals surface area contributed by atoms with E-state index in [4.69, 9.17) is 0 Å². The first-order valence-corrected chi connectivity index (χ1v) is 7.34. The molecule has 0 aliphatic heterocycles. The van der Waals surface area contributed by atoms with Gasteiger partial charge in [0.25, 0.3) is 0 Å². The highest BCUT2D eigenvalue weighted by Crippen LogP contribution is 2.30. The van der Waals surface area contributed by atoms with Crippen LogP contribution in [0, 0.1) is 12.7 Å². The molecule has 0 unspecified atom stereocenters. The number of nitrogens with one attached hydrogen (secondary N) is 1. The maximum Gasteiger partial charge on any atom is 0.135 e. The van der Waals surface area contributed by atoms with Gasteiger partial charge in [-0.05, 0) is 44.7 Å². The van der Waals surface area contributed by atoms with Gasteiger partial charge in [-0.2, -0.15) is 5.10 Å². The van der Waals surface area contributed by atoms with E-state index in [1.165, 1.54) is 17.7 Å². The SMILES string of the molecule is CCNCc1c(C)nn(C)c1N(CC)c1ccc(F)cc1. The zero-order valence-corrected chi connectivity index (χ0v) is 13.2. The summed E-state index contributed by atoms with van der Waals surface area (Å²) >= 11 is 0. The number of halogens is 1. The molecule has 5 heteroatoms. The lowest BCUT2D eigenvalue weighted by atomic mass is 10.2. The van der Waals surface area contributed by atoms with Crippen molar-refractivity contribution in [2.45, 2.75) is 27.3 Å². The molecule has 0 spiro atoms. The van der Waals surface area contributed by atoms with Crippen molar-refractivity contribution in [3.8, 4) is 0 Å². The molecule has 1 aromatic carbocycles. The molecule has 1 aromatic heterocycles. The fraction of sp³-hybridized carbons (Fsp3) is 0.438. The minimum atomic E-state index is -0.219. The van der Waals surface area contributed by atoms with Crippen molar-refractivity contribution in [3.05, 3.63) is 41.3 Å². The number of anilines is 2. The maximum atomic E-state index is 13.1. The van der Waals surface area contributed by atoms with Gasteiger partial charge in [0.15, 0.2) is 0 Å². The topological polar surface area (TPSA) is 33.1 Å². The lowest BCUT2D eigenvalue weighted by Gasteiger charge is -2.24. The molecule has 21 heavy (non-hydrogen) atoms. The first-order valence-electron chi connectivity index (χ1n) is 7.34. The molecular formula is C16H23FN4. The van der Waals surface area contributed by atoms with Gasteiger partial charge in [-0.15, -0.1) is 0 Å². The number of aryl methyl sites for hydroxylation is 2. The standard InChI is InChI=1S/C16H23FN4/c1-5-18-11-15-12(3)19-20(4)16(15)21(6-2)14-9-7-13(17)8-10-14/h7-10,18H,5-6,11H2,1-4H3. The fourth-order valence-corrected chi connectivity index (χ4v) is 2.56. The largest absolute Gasteiger partial charge is 0.327 e. The van der Waals surface area contributed by atoms with Crippen LogP contribution in [0.3, 0.4) is 0 Å². The van der Waals surface area contributed by atoms with Gasteiger partial charge >= 0.3 is 0 Å². The highest BCUT2D eigenvalue weighted by Gasteiger charge is 2.19. The average molecular weight is 290 g/mol. The molecule has 114 valence electrons. The zero-order chi connectivity index (χ0) is 15.4. The zero-order valence-electron chi connectivity index (χ0n) is 13.2. The molecule has 0 fully saturated rings. The second-order valence-electron chi connectivity index (χ2n) is 5.01. The molecule has 0 saturated heterocycles. The average Bonchev–Trinajstić information content (AvgIpc) is 2.74. The van der Waals surface area contributed by atoms with Crippen molar-refractivity contribution in [2.75, 3.05) is 18.0 Å². The predicted octanol–water partition coefficient (Wildman–Crippen LogP) is 3.14. The highest BCUT2D eigenvalue weighted by atomic mass is 19.1. The van der Waals surface area contributed by atoms with Gasteiger partial charge in [0, 0.05) is 31.4 Å². The summed E-state index contributed by atoms with van der Waals surface area (Å²) in [4.78, 5) is 2.16. The Morgan fingerprint density at radius 1 is 1.24 bits per heavy atom. The molecule has 0 saturated carbocycles. The molecule has 0 aliphatic rings. The second-order valence-corrected chi connectivity index (χ2v) is 5.01. The van der Waals surface area contributed by atoms with Crippen LogP contribution in [0.5, 0.6) is 0 Å². The first kappa shape index (κ1) is 15.5. The number of hydrogen-bond donors (Lipinski definition) is 1. The minimum Gasteiger partial charge on any atom is -0.327 e. The molecule has 0 aliphatic carbocycles. The summed E-state index contributed by atoms with van der Waals surface area (Å²) in [6.07, 6.45) is 0. The van der Waals surface area contributed by atoms with E-state index in [1.54, 1.807) is 12.1 Å². The number of benzene rings is 1. The molecule has 2 aromatic rings. The van der Waals surface area contributed by atoms with Crippen LogP contribution in [0.15, 0.2) is 24.3 Å². The van der Waals surface area contributed by atoms with E-state index in [9.17, 15) is 4.39 Å². The second kappa shape index (κ2) is 6.72. The van der Waals surface area contributed by atoms with Crippen LogP contribution >= 0.6 is 0 Å². The summed E-state index contributed by atoms with van der Waals surface area (Å²) in [7, 11) is 1.95. The smallest absolute Gasteiger partial charge is 0.135 e. The Morgan fingerprint density at radius 3 is 2.48 bits per heavy atom. The molecule has 0 atom stereocenters. The Morgan fingerprint density at radius 2 is 1.90 bits per heavy atom. The summed E-state index contributed by atoms with van der Waals surface area (Å²) in [5, 5.41) is 7.90. The number of nitrogens with zero attached hydrogens (tertiary/aromatic N) is 3. The first-order chi connectivity index (χ1) is 10.1. The monoisotopic (exact) mass is 290 g/mol. The van der Waals surface area contributed by atoms with Crippen LogP contribution < -0.4 is 10.2 Å². The van der Waals surface area contributed by atoms with E-state index in [1.807, 2.05) is 18.7 Å². The molecular weight excluding hydrogens is 267 g/mol. The van der Waals surface area contributed by atoms with Gasteiger partial charge in [-0.3, -0.25) is 4.68 Å². The van der Waals surface area contributed by atoms with Crippen molar-refractivity contribution in [3.63, 3.8) is 0 Å². The van der Waals surface area contributed by atoms with Crippen molar-refractivity contribution >= 4 is 11.5 Å². The van der Waals surface area contributed by atoms with Gasteiger partial charge in [-0.1, -0.05) is 6.92 Å². The van der Waals surface area contributed by atoms with Crippen molar-refractivity contribution < 1.29 is 4.39 Å². The summed E-state index contributed by atoms with van der Waals surface area (Å²) in [5.74, 6) is 0.839. The van der Waals surface area contributed by atoms with E-state index in [0.29, 0.717) is 0 Å². The normalized spacial score (nSPS) is 10.9. The fourth-order valence-electron chi connectivity index (χ4n) is 2.56. The van der Waals surface area contributed by atoms with Crippen LogP contribution in [0.2, 0.25) is 0 Å². The van der Waals surface area contributed by atoms with Crippen molar-refractivity contribution in [2.24, 2.45) is 7.05 Å². The molecule has 0 amide bonds. The summed E-state index contributed by atoms with van der Waals surface area (Å²) in [5.41, 5.74) is 3.18. The number of hydrogen-bond acceptors (Lipinski definition) is 3. The Bertz CT molecular complexity index is 589. The minimum absolute atomic E-state index is 0.219. The Labute approximate surface area is 125 Å². The van der Waals surface area contributed by atoms with Gasteiger partial charge in [0.05, 0.1) is 5.69 Å². The molecule has 1 heterocycles. The lowest BCUT2D eigenvalue weighted by molar-refractivity contribution is 0.627. The Hall–Kier alpha value is -1.88. The number of rotatable bonds is 6. The van der Waals surface area contributed by atoms with Crippen LogP contribution in [0.4, 0.5) is 15.9 Å². The van der Waals surface area contributed by atoms with E-state index < -0.39 is 0 Å². The van der Waals surface area contributed by atoms with Crippen LogP contribution in [0.1, 0.15) is 25.1 Å². The maximum absolute atomic E-state index is 13.1. The quantitative estimate of drug-likeness (QED) is 0.887. The van der Waals surface area contributed by atoms with Gasteiger partial charge < -0.3 is 10.2 Å². The Balaban J connectivity index is 2.44. The summed E-state index contributed by atoms with van der Waals surface area (Å²) in [6, 6.07) is 6.59. The summed E-state index contributed by atoms with van der Waals surface area (Å²) in [6.45, 7) is 8.68. The van der Waals surface area contributed by atoms with Crippen molar-refractivity contribution in [1.29, 1.82) is 0 Å². The van der Waals surface area contributed by atoms with E-state index in [-0.39, 0.29) is 5.82 Å². The van der Waals surface area contributed by atoms with E-state index in [0.717, 1.165) is 36.8 Å². The third-order valence-electron chi connectivity index (χ3n) is 3.58. The predicted molar refractivity (Wildman–Crippen MR) is 84.4 cm³/mol. The van der Waals surface area contributed by atoms with Crippen molar-refractivity contribution in [1.82, 2.24) is 15.1 Å². The summed E-state index contributed by atoms with van der Waals surface area (Å²) < 4.78 is 15.0. The van der Waals surface area contributed by atoms with Gasteiger partial charge in [0.2, 0.25) is 0 Å². The third-order valence-corrected chi connectivity index (χ3v) is 3.58. The van der Waals surface area contributed by atoms with Gasteiger partial charge in [-0.25, -0.2) is 4.39 Å². The van der Waals surface area contributed by atoms with E-state index in [2.05, 4.69) is 29.2 Å². The molecule has 2 rings (SSSR count). The van der Waals surface area contributed by atoms with Crippen LogP contribution in [-0.2, 0) is 13.6 Å². The van der Waals surface area contributed by atoms with Gasteiger partial charge in [0.1, 0.15) is 11.6 Å². The molecule has 0 bridgehead atoms. The van der Waals surface area contributed by atoms with Crippen LogP contribution in [-0.4, -0.2) is 22.9 Å². The highest BCUT2D eigenvalue weighted by molar-refractivity contribution is 5.64.